The monoisotopic (exact) mass is 347 g/mol. The lowest BCUT2D eigenvalue weighted by molar-refractivity contribution is -0.116. The van der Waals surface area contributed by atoms with Gasteiger partial charge < -0.3 is 10.5 Å². The van der Waals surface area contributed by atoms with Crippen LogP contribution in [0, 0.1) is 13.8 Å². The molecular weight excluding hydrogens is 334 g/mol. The van der Waals surface area contributed by atoms with Gasteiger partial charge in [0.05, 0.1) is 13.5 Å². The molecule has 2 aromatic rings. The Morgan fingerprint density at radius 3 is 2.75 bits per heavy atom. The van der Waals surface area contributed by atoms with Crippen molar-refractivity contribution in [1.82, 2.24) is 15.0 Å². The van der Waals surface area contributed by atoms with E-state index in [1.807, 2.05) is 6.92 Å². The van der Waals surface area contributed by atoms with Gasteiger partial charge >= 0.3 is 0 Å². The number of hydrogen-bond donors (Lipinski definition) is 1. The number of halogens is 1. The van der Waals surface area contributed by atoms with Crippen LogP contribution in [-0.2, 0) is 11.2 Å². The highest BCUT2D eigenvalue weighted by Crippen LogP contribution is 2.34. The fourth-order valence-corrected chi connectivity index (χ4v) is 2.95. The minimum Gasteiger partial charge on any atom is -0.496 e. The minimum absolute atomic E-state index is 0.0623. The molecule has 0 spiro atoms. The van der Waals surface area contributed by atoms with Gasteiger partial charge in [0, 0.05) is 22.9 Å². The number of hydrogen-bond acceptors (Lipinski definition) is 7. The van der Waals surface area contributed by atoms with E-state index in [0.717, 1.165) is 10.5 Å². The van der Waals surface area contributed by atoms with Crippen LogP contribution in [0.1, 0.15) is 27.2 Å². The molecule has 24 heavy (non-hydrogen) atoms. The van der Waals surface area contributed by atoms with Crippen molar-refractivity contribution in [3.63, 3.8) is 0 Å². The van der Waals surface area contributed by atoms with Gasteiger partial charge in [0.2, 0.25) is 11.9 Å². The van der Waals surface area contributed by atoms with Gasteiger partial charge in [0.15, 0.2) is 5.82 Å². The lowest BCUT2D eigenvalue weighted by atomic mass is 10.1. The van der Waals surface area contributed by atoms with Gasteiger partial charge in [0.1, 0.15) is 16.6 Å². The SMILES string of the molecule is COc1c(C)cnc(C(=O)N2C(=O)Cc3c(Cl)nc(N)nc32)c1C. The predicted octanol–water partition coefficient (Wildman–Crippen LogP) is 1.46. The van der Waals surface area contributed by atoms with Crippen molar-refractivity contribution in [2.45, 2.75) is 20.3 Å². The van der Waals surface area contributed by atoms with Crippen molar-refractivity contribution in [2.75, 3.05) is 17.7 Å². The molecule has 2 aromatic heterocycles. The molecule has 8 nitrogen and oxygen atoms in total. The van der Waals surface area contributed by atoms with Crippen LogP contribution in [-0.4, -0.2) is 33.9 Å². The van der Waals surface area contributed by atoms with E-state index in [4.69, 9.17) is 22.1 Å². The molecule has 1 aliphatic heterocycles. The lowest BCUT2D eigenvalue weighted by Gasteiger charge is -2.17. The summed E-state index contributed by atoms with van der Waals surface area (Å²) in [5.41, 5.74) is 7.39. The molecule has 124 valence electrons. The van der Waals surface area contributed by atoms with E-state index in [1.54, 1.807) is 6.92 Å². The highest BCUT2D eigenvalue weighted by Gasteiger charge is 2.38. The molecular formula is C15H14ClN5O3. The first kappa shape index (κ1) is 16.1. The van der Waals surface area contributed by atoms with Crippen molar-refractivity contribution < 1.29 is 14.3 Å². The van der Waals surface area contributed by atoms with Crippen molar-refractivity contribution >= 4 is 35.2 Å². The maximum atomic E-state index is 12.9. The fraction of sp³-hybridized carbons (Fsp3) is 0.267. The molecule has 2 amide bonds. The molecule has 0 saturated heterocycles. The van der Waals surface area contributed by atoms with Crippen LogP contribution in [0.2, 0.25) is 5.15 Å². The number of amides is 2. The third kappa shape index (κ3) is 2.35. The number of fused-ring (bicyclic) bond motifs is 1. The first-order chi connectivity index (χ1) is 11.3. The van der Waals surface area contributed by atoms with Gasteiger partial charge in [0.25, 0.3) is 5.91 Å². The number of carbonyl (C=O) groups excluding carboxylic acids is 2. The highest BCUT2D eigenvalue weighted by molar-refractivity contribution is 6.33. The summed E-state index contributed by atoms with van der Waals surface area (Å²) in [6.45, 7) is 3.52. The summed E-state index contributed by atoms with van der Waals surface area (Å²) in [7, 11) is 1.51. The second kappa shape index (κ2) is 5.72. The summed E-state index contributed by atoms with van der Waals surface area (Å²) >= 11 is 6.00. The molecule has 0 fully saturated rings. The molecule has 0 bridgehead atoms. The zero-order valence-corrected chi connectivity index (χ0v) is 14.0. The van der Waals surface area contributed by atoms with Crippen molar-refractivity contribution in [2.24, 2.45) is 0 Å². The highest BCUT2D eigenvalue weighted by atomic mass is 35.5. The van der Waals surface area contributed by atoms with Crippen LogP contribution in [0.15, 0.2) is 6.20 Å². The maximum absolute atomic E-state index is 12.9. The smallest absolute Gasteiger partial charge is 0.285 e. The molecule has 1 aliphatic rings. The number of pyridine rings is 1. The molecule has 3 rings (SSSR count). The van der Waals surface area contributed by atoms with Crippen LogP contribution >= 0.6 is 11.6 Å². The molecule has 3 heterocycles. The third-order valence-corrected chi connectivity index (χ3v) is 4.10. The van der Waals surface area contributed by atoms with E-state index in [-0.39, 0.29) is 29.0 Å². The quantitative estimate of drug-likeness (QED) is 0.646. The Kier molecular flexibility index (Phi) is 3.84. The Balaban J connectivity index is 2.12. The molecule has 0 aromatic carbocycles. The molecule has 0 aliphatic carbocycles. The summed E-state index contributed by atoms with van der Waals surface area (Å²) in [4.78, 5) is 38.1. The second-order valence-corrected chi connectivity index (χ2v) is 5.69. The van der Waals surface area contributed by atoms with Crippen LogP contribution in [0.5, 0.6) is 5.75 Å². The summed E-state index contributed by atoms with van der Waals surface area (Å²) in [6, 6.07) is 0. The van der Waals surface area contributed by atoms with E-state index in [0.29, 0.717) is 16.9 Å². The number of aryl methyl sites for hydroxylation is 1. The topological polar surface area (TPSA) is 111 Å². The molecule has 2 N–H and O–H groups in total. The van der Waals surface area contributed by atoms with Gasteiger partial charge in [-0.1, -0.05) is 11.6 Å². The molecule has 0 saturated carbocycles. The van der Waals surface area contributed by atoms with Crippen molar-refractivity contribution in [3.05, 3.63) is 33.7 Å². The van der Waals surface area contributed by atoms with Crippen LogP contribution < -0.4 is 15.4 Å². The fourth-order valence-electron chi connectivity index (χ4n) is 2.71. The van der Waals surface area contributed by atoms with Crippen molar-refractivity contribution in [1.29, 1.82) is 0 Å². The van der Waals surface area contributed by atoms with Crippen LogP contribution in [0.3, 0.4) is 0 Å². The summed E-state index contributed by atoms with van der Waals surface area (Å²) in [6.07, 6.45) is 1.45. The van der Waals surface area contributed by atoms with Crippen LogP contribution in [0.4, 0.5) is 11.8 Å². The average Bonchev–Trinajstić information content (AvgIpc) is 2.84. The van der Waals surface area contributed by atoms with Crippen molar-refractivity contribution in [3.8, 4) is 5.75 Å². The van der Waals surface area contributed by atoms with Gasteiger partial charge in [-0.15, -0.1) is 0 Å². The number of rotatable bonds is 2. The van der Waals surface area contributed by atoms with E-state index in [9.17, 15) is 9.59 Å². The zero-order valence-electron chi connectivity index (χ0n) is 13.3. The number of aromatic nitrogens is 3. The Hall–Kier alpha value is -2.74. The summed E-state index contributed by atoms with van der Waals surface area (Å²) in [5.74, 6) is -0.539. The Labute approximate surface area is 142 Å². The Morgan fingerprint density at radius 1 is 1.38 bits per heavy atom. The second-order valence-electron chi connectivity index (χ2n) is 5.33. The summed E-state index contributed by atoms with van der Waals surface area (Å²) < 4.78 is 5.30. The van der Waals surface area contributed by atoms with Gasteiger partial charge in [-0.05, 0) is 13.8 Å². The van der Waals surface area contributed by atoms with Gasteiger partial charge in [-0.25, -0.2) is 9.88 Å². The number of nitrogens with zero attached hydrogens (tertiary/aromatic N) is 4. The number of carbonyl (C=O) groups is 2. The first-order valence-electron chi connectivity index (χ1n) is 7.04. The number of imide groups is 1. The number of anilines is 2. The predicted molar refractivity (Wildman–Crippen MR) is 87.2 cm³/mol. The summed E-state index contributed by atoms with van der Waals surface area (Å²) in [5, 5.41) is 0.0623. The molecule has 0 radical (unpaired) electrons. The minimum atomic E-state index is -0.608. The average molecular weight is 348 g/mol. The van der Waals surface area contributed by atoms with E-state index in [2.05, 4.69) is 15.0 Å². The van der Waals surface area contributed by atoms with Gasteiger partial charge in [-0.3, -0.25) is 14.6 Å². The number of nitrogen functional groups attached to an aromatic ring is 1. The molecule has 0 unspecified atom stereocenters. The number of nitrogens with two attached hydrogens (primary N) is 1. The lowest BCUT2D eigenvalue weighted by Crippen LogP contribution is -2.35. The normalized spacial score (nSPS) is 13.2. The zero-order chi connectivity index (χ0) is 17.6. The van der Waals surface area contributed by atoms with Gasteiger partial charge in [-0.2, -0.15) is 4.98 Å². The van der Waals surface area contributed by atoms with E-state index >= 15 is 0 Å². The molecule has 0 atom stereocenters. The third-order valence-electron chi connectivity index (χ3n) is 3.79. The maximum Gasteiger partial charge on any atom is 0.285 e. The van der Waals surface area contributed by atoms with Crippen LogP contribution in [0.25, 0.3) is 0 Å². The first-order valence-corrected chi connectivity index (χ1v) is 7.42. The number of ether oxygens (including phenoxy) is 1. The largest absolute Gasteiger partial charge is 0.496 e. The standard InChI is InChI=1S/C15H14ClN5O3/c1-6-5-18-10(7(2)11(6)24-3)14(23)21-9(22)4-8-12(16)19-15(17)20-13(8)21/h5H,4H2,1-3H3,(H2,17,19,20). The Bertz CT molecular complexity index is 884. The molecule has 9 heteroatoms. The van der Waals surface area contributed by atoms with E-state index in [1.165, 1.54) is 13.3 Å². The number of methoxy groups -OCH3 is 1. The van der Waals surface area contributed by atoms with E-state index < -0.39 is 11.8 Å². The Morgan fingerprint density at radius 2 is 2.08 bits per heavy atom.